The molecule has 3 aliphatic heterocycles. The number of para-hydroxylation sites is 1. The lowest BCUT2D eigenvalue weighted by molar-refractivity contribution is -0.274. The fraction of sp³-hybridized carbons (Fsp3) is 0.485. The van der Waals surface area contributed by atoms with Crippen molar-refractivity contribution < 1.29 is 41.9 Å². The van der Waals surface area contributed by atoms with Gasteiger partial charge in [-0.2, -0.15) is 0 Å². The third kappa shape index (κ3) is 5.87. The van der Waals surface area contributed by atoms with Crippen molar-refractivity contribution in [3.05, 3.63) is 64.9 Å². The van der Waals surface area contributed by atoms with Gasteiger partial charge >= 0.3 is 18.4 Å². The Morgan fingerprint density at radius 2 is 1.84 bits per heavy atom. The topological polar surface area (TPSA) is 105 Å². The summed E-state index contributed by atoms with van der Waals surface area (Å²) in [7, 11) is 0. The molecule has 1 aliphatic carbocycles. The minimum atomic E-state index is -4.85. The standard InChI is InChI=1S/C33H34F3N3O6/c34-33(35,36)44-28-6-2-1-5-24(28)29-25(30(45-37-29)20-8-9-20)18-43-17-22-11-12-23-13-14-26(22)39(23)32(42)38-15-3-4-19-7-10-21(31(40)41)16-27(19)38/h1-2,5-7,10,16,20,22-23,26H,3-4,8-9,11-15,17-18H2,(H,40,41). The molecule has 2 aromatic carbocycles. The second-order valence-electron chi connectivity index (χ2n) is 12.4. The number of carboxylic acids is 1. The van der Waals surface area contributed by atoms with Gasteiger partial charge in [-0.15, -0.1) is 13.2 Å². The van der Waals surface area contributed by atoms with E-state index in [9.17, 15) is 27.9 Å². The summed E-state index contributed by atoms with van der Waals surface area (Å²) in [6.07, 6.45) is 2.08. The van der Waals surface area contributed by atoms with E-state index in [1.807, 2.05) is 11.0 Å². The Balaban J connectivity index is 1.08. The zero-order valence-corrected chi connectivity index (χ0v) is 24.6. The molecule has 7 rings (SSSR count). The highest BCUT2D eigenvalue weighted by Crippen LogP contribution is 2.46. The SMILES string of the molecule is O=C(O)c1ccc2c(c1)N(C(=O)N1C3CCC(COCc4c(-c5ccccc5OC(F)(F)F)noc4C4CC4)C1CC3)CCC2. The molecule has 238 valence electrons. The predicted octanol–water partition coefficient (Wildman–Crippen LogP) is 7.15. The van der Waals surface area contributed by atoms with Crippen LogP contribution < -0.4 is 9.64 Å². The van der Waals surface area contributed by atoms with Crippen molar-refractivity contribution in [2.75, 3.05) is 18.1 Å². The van der Waals surface area contributed by atoms with Gasteiger partial charge in [-0.05, 0) is 81.2 Å². The van der Waals surface area contributed by atoms with Crippen LogP contribution in [0.2, 0.25) is 0 Å². The van der Waals surface area contributed by atoms with Crippen LogP contribution >= 0.6 is 0 Å². The summed E-state index contributed by atoms with van der Waals surface area (Å²) in [6, 6.07) is 10.9. The molecule has 1 N–H and O–H groups in total. The molecule has 1 aromatic heterocycles. The van der Waals surface area contributed by atoms with Gasteiger partial charge in [0.05, 0.1) is 18.8 Å². The van der Waals surface area contributed by atoms with E-state index in [2.05, 4.69) is 9.89 Å². The van der Waals surface area contributed by atoms with E-state index in [0.29, 0.717) is 30.2 Å². The number of aryl methyl sites for hydroxylation is 1. The molecular weight excluding hydrogens is 591 g/mol. The Kier molecular flexibility index (Phi) is 7.71. The normalized spacial score (nSPS) is 22.8. The van der Waals surface area contributed by atoms with Crippen LogP contribution in [0.25, 0.3) is 11.3 Å². The van der Waals surface area contributed by atoms with Gasteiger partial charge in [-0.25, -0.2) is 9.59 Å². The van der Waals surface area contributed by atoms with Crippen LogP contribution in [0.15, 0.2) is 47.0 Å². The van der Waals surface area contributed by atoms with Gasteiger partial charge < -0.3 is 24.0 Å². The summed E-state index contributed by atoms with van der Waals surface area (Å²) < 4.78 is 55.7. The van der Waals surface area contributed by atoms with Crippen LogP contribution in [0.1, 0.15) is 78.1 Å². The molecule has 1 saturated carbocycles. The quantitative estimate of drug-likeness (QED) is 0.284. The number of anilines is 1. The van der Waals surface area contributed by atoms with Crippen molar-refractivity contribution in [2.45, 2.75) is 82.3 Å². The minimum Gasteiger partial charge on any atom is -0.478 e. The largest absolute Gasteiger partial charge is 0.573 e. The lowest BCUT2D eigenvalue weighted by Crippen LogP contribution is -2.55. The number of ether oxygens (including phenoxy) is 2. The summed E-state index contributed by atoms with van der Waals surface area (Å²) in [5.74, 6) is -0.500. The third-order valence-corrected chi connectivity index (χ3v) is 9.58. The van der Waals surface area contributed by atoms with Crippen LogP contribution in [-0.2, 0) is 17.8 Å². The van der Waals surface area contributed by atoms with E-state index in [-0.39, 0.29) is 59.1 Å². The maximum atomic E-state index is 14.1. The third-order valence-electron chi connectivity index (χ3n) is 9.58. The lowest BCUT2D eigenvalue weighted by atomic mass is 9.91. The number of aromatic nitrogens is 1. The molecule has 3 fully saturated rings. The van der Waals surface area contributed by atoms with Gasteiger partial charge in [-0.1, -0.05) is 23.4 Å². The van der Waals surface area contributed by atoms with Crippen molar-refractivity contribution in [1.29, 1.82) is 0 Å². The number of piperidine rings is 1. The molecule has 9 nitrogen and oxygen atoms in total. The highest BCUT2D eigenvalue weighted by molar-refractivity contribution is 5.96. The molecule has 2 saturated heterocycles. The summed E-state index contributed by atoms with van der Waals surface area (Å²) in [6.45, 7) is 1.02. The maximum absolute atomic E-state index is 14.1. The van der Waals surface area contributed by atoms with E-state index in [1.165, 1.54) is 18.2 Å². The van der Waals surface area contributed by atoms with Crippen molar-refractivity contribution in [1.82, 2.24) is 10.1 Å². The zero-order valence-electron chi connectivity index (χ0n) is 24.6. The molecule has 2 bridgehead atoms. The summed E-state index contributed by atoms with van der Waals surface area (Å²) >= 11 is 0. The number of fused-ring (bicyclic) bond motifs is 3. The Bertz CT molecular complexity index is 1600. The summed E-state index contributed by atoms with van der Waals surface area (Å²) in [5.41, 5.74) is 2.90. The van der Waals surface area contributed by atoms with Crippen molar-refractivity contribution in [3.63, 3.8) is 0 Å². The first-order valence-electron chi connectivity index (χ1n) is 15.6. The average Bonchev–Trinajstić information content (AvgIpc) is 3.70. The van der Waals surface area contributed by atoms with Crippen LogP contribution in [0, 0.1) is 5.92 Å². The Labute approximate surface area is 257 Å². The second-order valence-corrected chi connectivity index (χ2v) is 12.4. The predicted molar refractivity (Wildman–Crippen MR) is 156 cm³/mol. The van der Waals surface area contributed by atoms with Gasteiger partial charge in [0.2, 0.25) is 0 Å². The number of amides is 2. The zero-order chi connectivity index (χ0) is 31.3. The Hall–Kier alpha value is -4.06. The molecule has 3 unspecified atom stereocenters. The number of halogens is 3. The summed E-state index contributed by atoms with van der Waals surface area (Å²) in [5, 5.41) is 13.7. The molecule has 45 heavy (non-hydrogen) atoms. The maximum Gasteiger partial charge on any atom is 0.573 e. The number of alkyl halides is 3. The average molecular weight is 626 g/mol. The van der Waals surface area contributed by atoms with Crippen molar-refractivity contribution >= 4 is 17.7 Å². The van der Waals surface area contributed by atoms with Gasteiger partial charge in [0.15, 0.2) is 0 Å². The van der Waals surface area contributed by atoms with Crippen molar-refractivity contribution in [2.24, 2.45) is 5.92 Å². The minimum absolute atomic E-state index is 0.0185. The number of aromatic carboxylic acids is 1. The van der Waals surface area contributed by atoms with Gasteiger partial charge in [0.25, 0.3) is 0 Å². The van der Waals surface area contributed by atoms with Gasteiger partial charge in [-0.3, -0.25) is 4.90 Å². The molecule has 4 heterocycles. The number of carboxylic acid groups (broad SMARTS) is 1. The summed E-state index contributed by atoms with van der Waals surface area (Å²) in [4.78, 5) is 29.5. The number of benzene rings is 2. The molecule has 3 atom stereocenters. The van der Waals surface area contributed by atoms with Crippen LogP contribution in [0.4, 0.5) is 23.7 Å². The second kappa shape index (κ2) is 11.7. The molecule has 12 heteroatoms. The van der Waals surface area contributed by atoms with E-state index >= 15 is 0 Å². The molecule has 2 amide bonds. The molecule has 3 aromatic rings. The molecule has 4 aliphatic rings. The fourth-order valence-electron chi connectivity index (χ4n) is 7.32. The van der Waals surface area contributed by atoms with Crippen molar-refractivity contribution in [3.8, 4) is 17.0 Å². The van der Waals surface area contributed by atoms with Crippen LogP contribution in [0.5, 0.6) is 5.75 Å². The number of carbonyl (C=O) groups excluding carboxylic acids is 1. The first-order valence-corrected chi connectivity index (χ1v) is 15.6. The number of nitrogens with zero attached hydrogens (tertiary/aromatic N) is 3. The number of hydrogen-bond acceptors (Lipinski definition) is 6. The van der Waals surface area contributed by atoms with Gasteiger partial charge in [0.1, 0.15) is 17.2 Å². The van der Waals surface area contributed by atoms with E-state index < -0.39 is 12.3 Å². The smallest absolute Gasteiger partial charge is 0.478 e. The Morgan fingerprint density at radius 1 is 1.04 bits per heavy atom. The number of carbonyl (C=O) groups is 2. The van der Waals surface area contributed by atoms with Crippen LogP contribution in [0.3, 0.4) is 0 Å². The highest BCUT2D eigenvalue weighted by Gasteiger charge is 2.47. The van der Waals surface area contributed by atoms with E-state index in [0.717, 1.165) is 56.9 Å². The number of rotatable bonds is 8. The first kappa shape index (κ1) is 29.6. The molecule has 0 spiro atoms. The number of urea groups is 1. The molecular formula is C33H34F3N3O6. The van der Waals surface area contributed by atoms with Crippen LogP contribution in [-0.4, -0.2) is 58.8 Å². The monoisotopic (exact) mass is 625 g/mol. The Morgan fingerprint density at radius 3 is 2.62 bits per heavy atom. The fourth-order valence-corrected chi connectivity index (χ4v) is 7.32. The first-order chi connectivity index (χ1) is 21.7. The van der Waals surface area contributed by atoms with E-state index in [4.69, 9.17) is 9.26 Å². The van der Waals surface area contributed by atoms with E-state index in [1.54, 1.807) is 23.1 Å². The van der Waals surface area contributed by atoms with Gasteiger partial charge in [0, 0.05) is 47.3 Å². The highest BCUT2D eigenvalue weighted by atomic mass is 19.4. The number of hydrogen-bond donors (Lipinski definition) is 1. The molecule has 0 radical (unpaired) electrons. The lowest BCUT2D eigenvalue weighted by Gasteiger charge is -2.43.